The largest absolute Gasteiger partial charge is 0.396 e. The van der Waals surface area contributed by atoms with E-state index in [1.807, 2.05) is 0 Å². The molecule has 1 aromatic carbocycles. The van der Waals surface area contributed by atoms with Crippen molar-refractivity contribution in [3.63, 3.8) is 0 Å². The molecule has 1 rings (SSSR count). The summed E-state index contributed by atoms with van der Waals surface area (Å²) in [4.78, 5) is 7.24. The zero-order valence-corrected chi connectivity index (χ0v) is 20.5. The van der Waals surface area contributed by atoms with Crippen LogP contribution in [-0.4, -0.2) is 48.8 Å². The standard InChI is InChI=1S/C22H40N4O.HI/c1-5-11-19(14-15-27)16-24-22(23-6-2)25-17-20-12-9-10-13-21(20)18-26(7-3)8-4;/h9-10,12-13,19,27H,5-8,11,14-18H2,1-4H3,(H2,23,24,25);1H. The molecule has 0 bridgehead atoms. The van der Waals surface area contributed by atoms with Gasteiger partial charge in [-0.05, 0) is 49.9 Å². The van der Waals surface area contributed by atoms with E-state index in [4.69, 9.17) is 4.99 Å². The number of rotatable bonds is 13. The summed E-state index contributed by atoms with van der Waals surface area (Å²) >= 11 is 0. The topological polar surface area (TPSA) is 59.9 Å². The lowest BCUT2D eigenvalue weighted by Gasteiger charge is -2.20. The molecular weight excluding hydrogens is 463 g/mol. The van der Waals surface area contributed by atoms with E-state index < -0.39 is 0 Å². The molecule has 1 atom stereocenters. The van der Waals surface area contributed by atoms with Crippen molar-refractivity contribution in [2.24, 2.45) is 10.9 Å². The van der Waals surface area contributed by atoms with Gasteiger partial charge in [0.2, 0.25) is 0 Å². The van der Waals surface area contributed by atoms with E-state index in [9.17, 15) is 5.11 Å². The summed E-state index contributed by atoms with van der Waals surface area (Å²) in [6.07, 6.45) is 3.10. The molecule has 5 nitrogen and oxygen atoms in total. The van der Waals surface area contributed by atoms with Gasteiger partial charge in [0.1, 0.15) is 0 Å². The molecule has 28 heavy (non-hydrogen) atoms. The lowest BCUT2D eigenvalue weighted by molar-refractivity contribution is 0.251. The first-order valence-electron chi connectivity index (χ1n) is 10.6. The summed E-state index contributed by atoms with van der Waals surface area (Å²) in [5.74, 6) is 1.34. The number of nitrogens with zero attached hydrogens (tertiary/aromatic N) is 2. The number of aliphatic hydroxyl groups excluding tert-OH is 1. The van der Waals surface area contributed by atoms with Gasteiger partial charge >= 0.3 is 0 Å². The van der Waals surface area contributed by atoms with Crippen molar-refractivity contribution in [1.29, 1.82) is 0 Å². The molecule has 0 radical (unpaired) electrons. The van der Waals surface area contributed by atoms with Crippen LogP contribution >= 0.6 is 24.0 Å². The molecule has 0 saturated carbocycles. The van der Waals surface area contributed by atoms with Gasteiger partial charge in [-0.1, -0.05) is 51.5 Å². The number of aliphatic hydroxyl groups is 1. The van der Waals surface area contributed by atoms with Crippen molar-refractivity contribution >= 4 is 29.9 Å². The number of halogens is 1. The SMILES string of the molecule is CCCC(CCO)CNC(=NCc1ccccc1CN(CC)CC)NCC.I. The van der Waals surface area contributed by atoms with E-state index in [0.29, 0.717) is 12.5 Å². The van der Waals surface area contributed by atoms with E-state index >= 15 is 0 Å². The maximum Gasteiger partial charge on any atom is 0.191 e. The van der Waals surface area contributed by atoms with Crippen LogP contribution in [0.3, 0.4) is 0 Å². The minimum atomic E-state index is 0. The Balaban J connectivity index is 0.00000729. The van der Waals surface area contributed by atoms with Crippen LogP contribution in [0.5, 0.6) is 0 Å². The van der Waals surface area contributed by atoms with Crippen LogP contribution in [0.4, 0.5) is 0 Å². The zero-order valence-electron chi connectivity index (χ0n) is 18.2. The van der Waals surface area contributed by atoms with E-state index in [1.165, 1.54) is 11.1 Å². The fourth-order valence-corrected chi connectivity index (χ4v) is 3.24. The number of aliphatic imine (C=N–C) groups is 1. The maximum atomic E-state index is 9.25. The van der Waals surface area contributed by atoms with Gasteiger partial charge in [0, 0.05) is 26.2 Å². The van der Waals surface area contributed by atoms with Gasteiger partial charge < -0.3 is 15.7 Å². The summed E-state index contributed by atoms with van der Waals surface area (Å²) in [7, 11) is 0. The second-order valence-corrected chi connectivity index (χ2v) is 6.97. The Hall–Kier alpha value is -0.860. The van der Waals surface area contributed by atoms with Crippen LogP contribution < -0.4 is 10.6 Å². The lowest BCUT2D eigenvalue weighted by atomic mass is 10.0. The molecule has 1 unspecified atom stereocenters. The fraction of sp³-hybridized carbons (Fsp3) is 0.682. The molecule has 0 aliphatic rings. The highest BCUT2D eigenvalue weighted by molar-refractivity contribution is 14.0. The Kier molecular flexibility index (Phi) is 16.5. The Morgan fingerprint density at radius 1 is 1.04 bits per heavy atom. The highest BCUT2D eigenvalue weighted by Gasteiger charge is 2.09. The molecular formula is C22H41IN4O. The summed E-state index contributed by atoms with van der Waals surface area (Å²) in [5.41, 5.74) is 2.63. The highest BCUT2D eigenvalue weighted by Crippen LogP contribution is 2.13. The first kappa shape index (κ1) is 27.1. The number of guanidine groups is 1. The number of benzene rings is 1. The average Bonchev–Trinajstić information content (AvgIpc) is 2.69. The van der Waals surface area contributed by atoms with Crippen molar-refractivity contribution < 1.29 is 5.11 Å². The summed E-state index contributed by atoms with van der Waals surface area (Å²) in [6.45, 7) is 14.4. The van der Waals surface area contributed by atoms with Gasteiger partial charge in [0.25, 0.3) is 0 Å². The Morgan fingerprint density at radius 3 is 2.29 bits per heavy atom. The minimum Gasteiger partial charge on any atom is -0.396 e. The maximum absolute atomic E-state index is 9.25. The van der Waals surface area contributed by atoms with Crippen LogP contribution in [0, 0.1) is 5.92 Å². The van der Waals surface area contributed by atoms with Gasteiger partial charge in [-0.2, -0.15) is 0 Å². The number of hydrogen-bond acceptors (Lipinski definition) is 3. The van der Waals surface area contributed by atoms with Crippen molar-refractivity contribution in [3.05, 3.63) is 35.4 Å². The normalized spacial score (nSPS) is 12.6. The lowest BCUT2D eigenvalue weighted by Crippen LogP contribution is -2.40. The second-order valence-electron chi connectivity index (χ2n) is 6.97. The van der Waals surface area contributed by atoms with Gasteiger partial charge in [-0.25, -0.2) is 4.99 Å². The van der Waals surface area contributed by atoms with Crippen LogP contribution in [0.1, 0.15) is 58.1 Å². The Bertz CT molecular complexity index is 529. The third-order valence-electron chi connectivity index (χ3n) is 4.95. The molecule has 0 aliphatic heterocycles. The first-order chi connectivity index (χ1) is 13.2. The molecule has 0 fully saturated rings. The van der Waals surface area contributed by atoms with Crippen molar-refractivity contribution in [1.82, 2.24) is 15.5 Å². The molecule has 0 aliphatic carbocycles. The van der Waals surface area contributed by atoms with Crippen molar-refractivity contribution in [2.75, 3.05) is 32.8 Å². The summed E-state index contributed by atoms with van der Waals surface area (Å²) in [5, 5.41) is 16.1. The zero-order chi connectivity index (χ0) is 19.9. The van der Waals surface area contributed by atoms with E-state index in [-0.39, 0.29) is 30.6 Å². The second kappa shape index (κ2) is 17.0. The monoisotopic (exact) mass is 504 g/mol. The van der Waals surface area contributed by atoms with E-state index in [1.54, 1.807) is 0 Å². The quantitative estimate of drug-likeness (QED) is 0.216. The summed E-state index contributed by atoms with van der Waals surface area (Å²) < 4.78 is 0. The molecule has 6 heteroatoms. The molecule has 1 aromatic rings. The number of hydrogen-bond donors (Lipinski definition) is 3. The fourth-order valence-electron chi connectivity index (χ4n) is 3.24. The van der Waals surface area contributed by atoms with E-state index in [2.05, 4.69) is 67.5 Å². The van der Waals surface area contributed by atoms with E-state index in [0.717, 1.165) is 57.9 Å². The van der Waals surface area contributed by atoms with Crippen molar-refractivity contribution in [2.45, 2.75) is 60.0 Å². The van der Waals surface area contributed by atoms with Gasteiger partial charge in [-0.3, -0.25) is 4.90 Å². The smallest absolute Gasteiger partial charge is 0.191 e. The van der Waals surface area contributed by atoms with Crippen LogP contribution in [0.25, 0.3) is 0 Å². The Labute approximate surface area is 189 Å². The third-order valence-corrected chi connectivity index (χ3v) is 4.95. The number of nitrogens with one attached hydrogen (secondary N) is 2. The minimum absolute atomic E-state index is 0. The molecule has 3 N–H and O–H groups in total. The molecule has 0 amide bonds. The molecule has 0 aromatic heterocycles. The molecule has 0 spiro atoms. The summed E-state index contributed by atoms with van der Waals surface area (Å²) in [6, 6.07) is 8.59. The highest BCUT2D eigenvalue weighted by atomic mass is 127. The molecule has 0 heterocycles. The predicted octanol–water partition coefficient (Wildman–Crippen LogP) is 4.00. The van der Waals surface area contributed by atoms with Crippen LogP contribution in [-0.2, 0) is 13.1 Å². The predicted molar refractivity (Wildman–Crippen MR) is 131 cm³/mol. The van der Waals surface area contributed by atoms with Gasteiger partial charge in [0.05, 0.1) is 6.54 Å². The molecule has 162 valence electrons. The average molecular weight is 505 g/mol. The van der Waals surface area contributed by atoms with Crippen molar-refractivity contribution in [3.8, 4) is 0 Å². The Morgan fingerprint density at radius 2 is 1.71 bits per heavy atom. The van der Waals surface area contributed by atoms with Crippen LogP contribution in [0.15, 0.2) is 29.3 Å². The first-order valence-corrected chi connectivity index (χ1v) is 10.6. The van der Waals surface area contributed by atoms with Gasteiger partial charge in [-0.15, -0.1) is 24.0 Å². The van der Waals surface area contributed by atoms with Crippen LogP contribution in [0.2, 0.25) is 0 Å². The molecule has 0 saturated heterocycles. The van der Waals surface area contributed by atoms with Gasteiger partial charge in [0.15, 0.2) is 5.96 Å². The third kappa shape index (κ3) is 10.6.